The molecule has 0 aliphatic heterocycles. The standard InChI is InChI=1S/C37H36ClF2N5O5S/c1-4-6-12-35-42-45(33-21-27(41-23(3)46)16-17-30(33)38)37(48)44(35)22-26-15-14-25(20-32(26)40)29-19-24(9-5-2)13-18-34(29)51(49,50)43-36(47)28-10-7-8-11-31(28)39/h7-8,10-11,13-21H,4-6,9,12,22H2,1-3H3,(H,41,46)(H,43,47). The molecule has 2 amide bonds. The number of amides is 2. The number of sulfonamides is 1. The highest BCUT2D eigenvalue weighted by Crippen LogP contribution is 2.31. The van der Waals surface area contributed by atoms with Gasteiger partial charge in [0.05, 0.1) is 27.7 Å². The van der Waals surface area contributed by atoms with Crippen LogP contribution in [0.15, 0.2) is 88.6 Å². The van der Waals surface area contributed by atoms with Gasteiger partial charge in [0.15, 0.2) is 0 Å². The third-order valence-corrected chi connectivity index (χ3v) is 9.81. The van der Waals surface area contributed by atoms with Gasteiger partial charge >= 0.3 is 5.69 Å². The van der Waals surface area contributed by atoms with Gasteiger partial charge in [-0.25, -0.2) is 26.7 Å². The maximum atomic E-state index is 16.0. The lowest BCUT2D eigenvalue weighted by atomic mass is 9.99. The minimum Gasteiger partial charge on any atom is -0.326 e. The number of aryl methyl sites for hydroxylation is 2. The summed E-state index contributed by atoms with van der Waals surface area (Å²) in [6.07, 6.45) is 3.31. The molecule has 0 aliphatic rings. The zero-order valence-corrected chi connectivity index (χ0v) is 29.7. The summed E-state index contributed by atoms with van der Waals surface area (Å²) >= 11 is 6.44. The fraction of sp³-hybridized carbons (Fsp3) is 0.243. The van der Waals surface area contributed by atoms with Crippen molar-refractivity contribution >= 4 is 39.1 Å². The van der Waals surface area contributed by atoms with Crippen LogP contribution < -0.4 is 15.7 Å². The first-order chi connectivity index (χ1) is 24.3. The Morgan fingerprint density at radius 2 is 1.67 bits per heavy atom. The van der Waals surface area contributed by atoms with Gasteiger partial charge in [-0.15, -0.1) is 5.10 Å². The Kier molecular flexibility index (Phi) is 11.5. The molecule has 0 saturated carbocycles. The second kappa shape index (κ2) is 15.8. The summed E-state index contributed by atoms with van der Waals surface area (Å²) in [6, 6.07) is 18.4. The SMILES string of the molecule is CCCCc1nn(-c2cc(NC(C)=O)ccc2Cl)c(=O)n1Cc1ccc(-c2cc(CCC)ccc2S(=O)(=O)NC(=O)c2ccccc2F)cc1F. The molecular weight excluding hydrogens is 700 g/mol. The Morgan fingerprint density at radius 1 is 0.902 bits per heavy atom. The average molecular weight is 736 g/mol. The summed E-state index contributed by atoms with van der Waals surface area (Å²) in [7, 11) is -4.54. The zero-order chi connectivity index (χ0) is 36.9. The van der Waals surface area contributed by atoms with Crippen LogP contribution in [-0.2, 0) is 34.2 Å². The van der Waals surface area contributed by atoms with Crippen LogP contribution in [0, 0.1) is 11.6 Å². The van der Waals surface area contributed by atoms with Crippen molar-refractivity contribution in [3.8, 4) is 16.8 Å². The van der Waals surface area contributed by atoms with E-state index in [9.17, 15) is 27.2 Å². The second-order valence-corrected chi connectivity index (χ2v) is 14.0. The van der Waals surface area contributed by atoms with Gasteiger partial charge in [0.1, 0.15) is 17.5 Å². The highest BCUT2D eigenvalue weighted by molar-refractivity contribution is 7.90. The van der Waals surface area contributed by atoms with E-state index in [4.69, 9.17) is 11.6 Å². The summed E-state index contributed by atoms with van der Waals surface area (Å²) in [5.74, 6) is -2.65. The largest absolute Gasteiger partial charge is 0.351 e. The number of rotatable bonds is 13. The molecule has 5 aromatic rings. The summed E-state index contributed by atoms with van der Waals surface area (Å²) in [5, 5.41) is 7.40. The molecule has 0 radical (unpaired) electrons. The van der Waals surface area contributed by atoms with Crippen LogP contribution in [0.5, 0.6) is 0 Å². The number of benzene rings is 4. The van der Waals surface area contributed by atoms with E-state index in [2.05, 4.69) is 10.4 Å². The molecule has 0 saturated heterocycles. The Labute approximate surface area is 299 Å². The summed E-state index contributed by atoms with van der Waals surface area (Å²) < 4.78 is 61.7. The van der Waals surface area contributed by atoms with Gasteiger partial charge in [0.25, 0.3) is 15.9 Å². The lowest BCUT2D eigenvalue weighted by Crippen LogP contribution is -2.31. The first kappa shape index (κ1) is 37.1. The van der Waals surface area contributed by atoms with Gasteiger partial charge in [0, 0.05) is 30.2 Å². The number of carbonyl (C=O) groups excluding carboxylic acids is 2. The third-order valence-electron chi connectivity index (χ3n) is 8.10. The number of hydrogen-bond acceptors (Lipinski definition) is 6. The monoisotopic (exact) mass is 735 g/mol. The number of carbonyl (C=O) groups is 2. The van der Waals surface area contributed by atoms with Crippen molar-refractivity contribution in [1.82, 2.24) is 19.1 Å². The van der Waals surface area contributed by atoms with Crippen molar-refractivity contribution in [3.63, 3.8) is 0 Å². The number of nitrogens with zero attached hydrogens (tertiary/aromatic N) is 3. The van der Waals surface area contributed by atoms with Crippen LogP contribution in [0.3, 0.4) is 0 Å². The van der Waals surface area contributed by atoms with Crippen molar-refractivity contribution in [2.75, 3.05) is 5.32 Å². The van der Waals surface area contributed by atoms with Crippen molar-refractivity contribution < 1.29 is 26.8 Å². The molecule has 4 aromatic carbocycles. The van der Waals surface area contributed by atoms with Gasteiger partial charge in [-0.1, -0.05) is 68.6 Å². The molecule has 2 N–H and O–H groups in total. The Morgan fingerprint density at radius 3 is 2.35 bits per heavy atom. The van der Waals surface area contributed by atoms with Gasteiger partial charge in [-0.2, -0.15) is 4.68 Å². The van der Waals surface area contributed by atoms with Crippen molar-refractivity contribution in [3.05, 3.63) is 129 Å². The van der Waals surface area contributed by atoms with Crippen LogP contribution in [0.1, 0.15) is 67.3 Å². The van der Waals surface area contributed by atoms with E-state index >= 15 is 4.39 Å². The highest BCUT2D eigenvalue weighted by Gasteiger charge is 2.25. The van der Waals surface area contributed by atoms with Gasteiger partial charge in [-0.05, 0) is 72.5 Å². The maximum absolute atomic E-state index is 16.0. The molecule has 266 valence electrons. The minimum absolute atomic E-state index is 0.137. The Bertz CT molecular complexity index is 2290. The van der Waals surface area contributed by atoms with Crippen molar-refractivity contribution in [2.24, 2.45) is 0 Å². The molecular formula is C37H36ClF2N5O5S. The fourth-order valence-corrected chi connectivity index (χ4v) is 6.98. The predicted molar refractivity (Wildman–Crippen MR) is 192 cm³/mol. The molecule has 1 aromatic heterocycles. The summed E-state index contributed by atoms with van der Waals surface area (Å²) in [6.45, 7) is 5.11. The Balaban J connectivity index is 1.53. The number of hydrogen-bond donors (Lipinski definition) is 2. The normalized spacial score (nSPS) is 11.4. The lowest BCUT2D eigenvalue weighted by Gasteiger charge is -2.15. The van der Waals surface area contributed by atoms with Gasteiger partial charge < -0.3 is 5.32 Å². The van der Waals surface area contributed by atoms with E-state index in [0.29, 0.717) is 30.8 Å². The van der Waals surface area contributed by atoms with E-state index in [0.717, 1.165) is 29.2 Å². The number of anilines is 1. The molecule has 0 unspecified atom stereocenters. The molecule has 0 fully saturated rings. The predicted octanol–water partition coefficient (Wildman–Crippen LogP) is 7.05. The molecule has 5 rings (SSSR count). The summed E-state index contributed by atoms with van der Waals surface area (Å²) in [4.78, 5) is 37.9. The number of halogens is 3. The molecule has 0 spiro atoms. The van der Waals surface area contributed by atoms with E-state index in [1.54, 1.807) is 18.2 Å². The third kappa shape index (κ3) is 8.43. The number of nitrogens with one attached hydrogen (secondary N) is 2. The van der Waals surface area contributed by atoms with Crippen LogP contribution in [0.2, 0.25) is 5.02 Å². The van der Waals surface area contributed by atoms with Crippen LogP contribution in [0.25, 0.3) is 16.8 Å². The molecule has 0 bridgehead atoms. The van der Waals surface area contributed by atoms with Gasteiger partial charge in [0.2, 0.25) is 5.91 Å². The highest BCUT2D eigenvalue weighted by atomic mass is 35.5. The molecule has 51 heavy (non-hydrogen) atoms. The van der Waals surface area contributed by atoms with E-state index in [1.807, 2.05) is 18.6 Å². The maximum Gasteiger partial charge on any atom is 0.351 e. The van der Waals surface area contributed by atoms with E-state index in [-0.39, 0.29) is 44.7 Å². The first-order valence-electron chi connectivity index (χ1n) is 16.3. The summed E-state index contributed by atoms with van der Waals surface area (Å²) in [5.41, 5.74) is 0.916. The van der Waals surface area contributed by atoms with Crippen LogP contribution >= 0.6 is 11.6 Å². The quantitative estimate of drug-likeness (QED) is 0.133. The fourth-order valence-electron chi connectivity index (χ4n) is 5.60. The van der Waals surface area contributed by atoms with Crippen LogP contribution in [-0.4, -0.2) is 34.6 Å². The topological polar surface area (TPSA) is 132 Å². The number of unbranched alkanes of at least 4 members (excludes halogenated alkanes) is 1. The van der Waals surface area contributed by atoms with Gasteiger partial charge in [-0.3, -0.25) is 14.2 Å². The van der Waals surface area contributed by atoms with E-state index < -0.39 is 38.8 Å². The Hall–Kier alpha value is -5.14. The number of aromatic nitrogens is 3. The molecule has 10 nitrogen and oxygen atoms in total. The van der Waals surface area contributed by atoms with Crippen molar-refractivity contribution in [1.29, 1.82) is 0 Å². The molecule has 14 heteroatoms. The molecule has 0 aliphatic carbocycles. The average Bonchev–Trinajstić information content (AvgIpc) is 3.39. The molecule has 1 heterocycles. The van der Waals surface area contributed by atoms with Crippen molar-refractivity contribution in [2.45, 2.75) is 64.3 Å². The smallest absolute Gasteiger partial charge is 0.326 e. The lowest BCUT2D eigenvalue weighted by molar-refractivity contribution is -0.114. The second-order valence-electron chi connectivity index (χ2n) is 11.9. The van der Waals surface area contributed by atoms with Crippen LogP contribution in [0.4, 0.5) is 14.5 Å². The van der Waals surface area contributed by atoms with E-state index in [1.165, 1.54) is 66.1 Å². The first-order valence-corrected chi connectivity index (χ1v) is 18.2. The zero-order valence-electron chi connectivity index (χ0n) is 28.2. The molecule has 0 atom stereocenters. The minimum atomic E-state index is -4.54.